The lowest BCUT2D eigenvalue weighted by atomic mass is 9.99. The molecule has 1 aliphatic heterocycles. The molecule has 1 fully saturated rings. The van der Waals surface area contributed by atoms with E-state index in [0.29, 0.717) is 13.0 Å². The van der Waals surface area contributed by atoms with E-state index in [1.807, 2.05) is 0 Å². The van der Waals surface area contributed by atoms with Gasteiger partial charge in [-0.2, -0.15) is 0 Å². The van der Waals surface area contributed by atoms with Crippen LogP contribution in [0.5, 0.6) is 0 Å². The van der Waals surface area contributed by atoms with Crippen molar-refractivity contribution >= 4 is 5.97 Å². The maximum Gasteiger partial charge on any atom is 0.306 e. The second-order valence-electron chi connectivity index (χ2n) is 18.3. The number of allylic oxidation sites excluding steroid dienone is 4. The molecule has 1 rings (SSSR count). The number of aliphatic hydroxyl groups excluding tert-OH is 4. The Hall–Kier alpha value is -1.33. The fraction of sp³-hybridized carbons (Fsp3) is 0.906. The number of rotatable bonds is 46. The van der Waals surface area contributed by atoms with Crippen LogP contribution in [0, 0.1) is 0 Å². The normalized spacial score (nSPS) is 19.9. The van der Waals surface area contributed by atoms with Gasteiger partial charge < -0.3 is 39.4 Å². The van der Waals surface area contributed by atoms with Gasteiger partial charge in [-0.1, -0.05) is 218 Å². The SMILES string of the molecule is CCCCCC/C=C\C/C=C\CCCCCCCCCCOCC(COC1OC(CO)C(O)C(O)C1O)OC(=O)CCCCCCCCCCCCCCCCCCCCCC. The molecule has 0 amide bonds. The van der Waals surface area contributed by atoms with E-state index in [4.69, 9.17) is 18.9 Å². The zero-order valence-electron chi connectivity index (χ0n) is 40.4. The third-order valence-corrected chi connectivity index (χ3v) is 12.4. The number of carbonyl (C=O) groups is 1. The molecular formula is C53H100O9. The van der Waals surface area contributed by atoms with Gasteiger partial charge in [-0.05, 0) is 44.9 Å². The number of carbonyl (C=O) groups excluding carboxylic acids is 1. The molecule has 0 aromatic heterocycles. The van der Waals surface area contributed by atoms with Crippen molar-refractivity contribution in [1.82, 2.24) is 0 Å². The molecule has 0 saturated carbocycles. The molecule has 0 bridgehead atoms. The highest BCUT2D eigenvalue weighted by atomic mass is 16.7. The zero-order valence-corrected chi connectivity index (χ0v) is 40.4. The van der Waals surface area contributed by atoms with Crippen molar-refractivity contribution in [2.45, 2.75) is 282 Å². The fourth-order valence-corrected chi connectivity index (χ4v) is 8.23. The molecule has 6 unspecified atom stereocenters. The van der Waals surface area contributed by atoms with E-state index < -0.39 is 43.4 Å². The minimum absolute atomic E-state index is 0.111. The van der Waals surface area contributed by atoms with Crippen molar-refractivity contribution in [3.05, 3.63) is 24.3 Å². The topological polar surface area (TPSA) is 135 Å². The molecule has 1 aliphatic rings. The second-order valence-corrected chi connectivity index (χ2v) is 18.3. The van der Waals surface area contributed by atoms with Crippen molar-refractivity contribution in [3.8, 4) is 0 Å². The van der Waals surface area contributed by atoms with Gasteiger partial charge in [0.1, 0.15) is 30.5 Å². The lowest BCUT2D eigenvalue weighted by Gasteiger charge is -2.39. The molecule has 0 aromatic carbocycles. The summed E-state index contributed by atoms with van der Waals surface area (Å²) in [5.74, 6) is -0.310. The van der Waals surface area contributed by atoms with Gasteiger partial charge in [0.05, 0.1) is 19.8 Å². The highest BCUT2D eigenvalue weighted by Gasteiger charge is 2.44. The van der Waals surface area contributed by atoms with Crippen LogP contribution in [0.15, 0.2) is 24.3 Å². The van der Waals surface area contributed by atoms with Crippen LogP contribution in [-0.4, -0.2) is 89.6 Å². The summed E-state index contributed by atoms with van der Waals surface area (Å²) in [4.78, 5) is 12.8. The van der Waals surface area contributed by atoms with Gasteiger partial charge in [0.25, 0.3) is 0 Å². The molecule has 0 aliphatic carbocycles. The van der Waals surface area contributed by atoms with Crippen molar-refractivity contribution in [1.29, 1.82) is 0 Å². The zero-order chi connectivity index (χ0) is 45.0. The third kappa shape index (κ3) is 35.0. The molecule has 9 nitrogen and oxygen atoms in total. The molecule has 0 spiro atoms. The summed E-state index contributed by atoms with van der Waals surface area (Å²) in [7, 11) is 0. The highest BCUT2D eigenvalue weighted by Crippen LogP contribution is 2.23. The van der Waals surface area contributed by atoms with Gasteiger partial charge in [0.2, 0.25) is 0 Å². The monoisotopic (exact) mass is 881 g/mol. The van der Waals surface area contributed by atoms with Crippen LogP contribution in [0.3, 0.4) is 0 Å². The minimum atomic E-state index is -1.54. The molecule has 6 atom stereocenters. The smallest absolute Gasteiger partial charge is 0.306 e. The first-order valence-electron chi connectivity index (χ1n) is 26.4. The van der Waals surface area contributed by atoms with Crippen LogP contribution >= 0.6 is 0 Å². The Bertz CT molecular complexity index is 1000. The lowest BCUT2D eigenvalue weighted by Crippen LogP contribution is -2.59. The van der Waals surface area contributed by atoms with Crippen LogP contribution in [0.25, 0.3) is 0 Å². The van der Waals surface area contributed by atoms with Crippen molar-refractivity contribution < 1.29 is 44.2 Å². The summed E-state index contributed by atoms with van der Waals surface area (Å²) < 4.78 is 22.9. The van der Waals surface area contributed by atoms with Crippen molar-refractivity contribution in [2.24, 2.45) is 0 Å². The van der Waals surface area contributed by atoms with Crippen LogP contribution in [0.2, 0.25) is 0 Å². The van der Waals surface area contributed by atoms with Gasteiger partial charge >= 0.3 is 5.97 Å². The molecule has 0 aromatic rings. The second kappa shape index (κ2) is 44.9. The molecule has 9 heteroatoms. The minimum Gasteiger partial charge on any atom is -0.457 e. The van der Waals surface area contributed by atoms with Gasteiger partial charge in [-0.15, -0.1) is 0 Å². The van der Waals surface area contributed by atoms with E-state index in [1.54, 1.807) is 0 Å². The quantitative estimate of drug-likeness (QED) is 0.0268. The van der Waals surface area contributed by atoms with E-state index >= 15 is 0 Å². The van der Waals surface area contributed by atoms with Crippen molar-refractivity contribution in [3.63, 3.8) is 0 Å². The van der Waals surface area contributed by atoms with E-state index in [9.17, 15) is 25.2 Å². The Balaban J connectivity index is 2.19. The number of esters is 1. The Labute approximate surface area is 381 Å². The van der Waals surface area contributed by atoms with Gasteiger partial charge in [0, 0.05) is 13.0 Å². The number of unbranched alkanes of at least 4 members (excludes halogenated alkanes) is 31. The van der Waals surface area contributed by atoms with Crippen molar-refractivity contribution in [2.75, 3.05) is 26.4 Å². The summed E-state index contributed by atoms with van der Waals surface area (Å²) in [6.45, 7) is 4.58. The molecule has 4 N–H and O–H groups in total. The Kier molecular flexibility index (Phi) is 42.5. The third-order valence-electron chi connectivity index (χ3n) is 12.4. The Morgan fingerprint density at radius 2 is 0.935 bits per heavy atom. The molecule has 366 valence electrons. The Morgan fingerprint density at radius 1 is 0.516 bits per heavy atom. The summed E-state index contributed by atoms with van der Waals surface area (Å²) in [5.41, 5.74) is 0. The molecule has 1 saturated heterocycles. The van der Waals surface area contributed by atoms with Gasteiger partial charge in [-0.3, -0.25) is 4.79 Å². The molecule has 0 radical (unpaired) electrons. The predicted molar refractivity (Wildman–Crippen MR) is 256 cm³/mol. The predicted octanol–water partition coefficient (Wildman–Crippen LogP) is 12.9. The van der Waals surface area contributed by atoms with Crippen LogP contribution in [-0.2, 0) is 23.7 Å². The largest absolute Gasteiger partial charge is 0.457 e. The fourth-order valence-electron chi connectivity index (χ4n) is 8.23. The number of hydrogen-bond donors (Lipinski definition) is 4. The summed E-state index contributed by atoms with van der Waals surface area (Å²) >= 11 is 0. The molecule has 62 heavy (non-hydrogen) atoms. The van der Waals surface area contributed by atoms with E-state index in [-0.39, 0.29) is 19.2 Å². The average molecular weight is 881 g/mol. The van der Waals surface area contributed by atoms with E-state index in [2.05, 4.69) is 38.2 Å². The first-order valence-corrected chi connectivity index (χ1v) is 26.4. The average Bonchev–Trinajstić information content (AvgIpc) is 3.27. The first kappa shape index (κ1) is 58.7. The van der Waals surface area contributed by atoms with Gasteiger partial charge in [0.15, 0.2) is 6.29 Å². The summed E-state index contributed by atoms with van der Waals surface area (Å²) in [6, 6.07) is 0. The maximum absolute atomic E-state index is 12.8. The van der Waals surface area contributed by atoms with E-state index in [1.165, 1.54) is 186 Å². The van der Waals surface area contributed by atoms with Crippen LogP contribution < -0.4 is 0 Å². The number of ether oxygens (including phenoxy) is 4. The standard InChI is InChI=1S/C53H100O9/c1-3-5-7-9-11-13-15-17-19-21-23-24-26-28-30-32-34-36-38-40-42-49(55)61-47(46-60-53-52(58)51(57)50(56)48(44-54)62-53)45-59-43-41-39-37-35-33-31-29-27-25-22-20-18-16-14-12-10-8-6-4-2/h14,16,20,22,47-48,50-54,56-58H,3-13,15,17-19,21,23-46H2,1-2H3/b16-14-,22-20-. The van der Waals surface area contributed by atoms with E-state index in [0.717, 1.165) is 38.5 Å². The van der Waals surface area contributed by atoms with Gasteiger partial charge in [-0.25, -0.2) is 0 Å². The maximum atomic E-state index is 12.8. The Morgan fingerprint density at radius 3 is 1.40 bits per heavy atom. The lowest BCUT2D eigenvalue weighted by molar-refractivity contribution is -0.305. The summed E-state index contributed by atoms with van der Waals surface area (Å²) in [6.07, 6.45) is 46.4. The van der Waals surface area contributed by atoms with Crippen LogP contribution in [0.4, 0.5) is 0 Å². The number of hydrogen-bond acceptors (Lipinski definition) is 9. The number of aliphatic hydroxyl groups is 4. The first-order chi connectivity index (χ1) is 30.4. The molecular weight excluding hydrogens is 781 g/mol. The highest BCUT2D eigenvalue weighted by molar-refractivity contribution is 5.69. The summed E-state index contributed by atoms with van der Waals surface area (Å²) in [5, 5.41) is 40.3. The molecule has 1 heterocycles. The van der Waals surface area contributed by atoms with Crippen LogP contribution in [0.1, 0.15) is 245 Å².